The van der Waals surface area contributed by atoms with E-state index in [1.165, 1.54) is 25.7 Å². The molecule has 0 heterocycles. The zero-order chi connectivity index (χ0) is 11.4. The molecule has 0 radical (unpaired) electrons. The maximum Gasteiger partial charge on any atom is 0.220 e. The molecule has 2 aliphatic rings. The van der Waals surface area contributed by atoms with Crippen molar-refractivity contribution in [3.63, 3.8) is 0 Å². The van der Waals surface area contributed by atoms with Crippen molar-refractivity contribution in [2.45, 2.75) is 44.9 Å². The van der Waals surface area contributed by atoms with Crippen LogP contribution in [0.2, 0.25) is 0 Å². The molecule has 3 heteroatoms. The first-order valence-corrected chi connectivity index (χ1v) is 6.67. The van der Waals surface area contributed by atoms with Gasteiger partial charge in [0.15, 0.2) is 0 Å². The highest BCUT2D eigenvalue weighted by Gasteiger charge is 2.39. The Balaban J connectivity index is 1.60. The molecule has 2 saturated carbocycles. The van der Waals surface area contributed by atoms with Crippen LogP contribution in [0.15, 0.2) is 0 Å². The number of hydrogen-bond acceptors (Lipinski definition) is 2. The van der Waals surface area contributed by atoms with Gasteiger partial charge in [0, 0.05) is 19.6 Å². The van der Waals surface area contributed by atoms with E-state index in [9.17, 15) is 4.79 Å². The van der Waals surface area contributed by atoms with Crippen molar-refractivity contribution in [2.75, 3.05) is 13.2 Å². The normalized spacial score (nSPS) is 31.9. The second-order valence-electron chi connectivity index (χ2n) is 5.42. The average molecular weight is 225 g/mol. The summed E-state index contributed by atoms with van der Waals surface area (Å²) in [6, 6.07) is 0. The summed E-state index contributed by atoms with van der Waals surface area (Å²) >= 11 is 0. The monoisotopic (exact) mass is 225 g/mol. The Bertz CT molecular complexity index is 242. The van der Waals surface area contributed by atoms with Crippen LogP contribution >= 0.6 is 0 Å². The zero-order valence-electron chi connectivity index (χ0n) is 9.95. The Morgan fingerprint density at radius 1 is 1.25 bits per heavy atom. The molecule has 0 aromatic rings. The predicted molar refractivity (Wildman–Crippen MR) is 62.9 cm³/mol. The Morgan fingerprint density at radius 2 is 2.12 bits per heavy atom. The lowest BCUT2D eigenvalue weighted by molar-refractivity contribution is -0.122. The Morgan fingerprint density at radius 3 is 2.75 bits per heavy atom. The van der Waals surface area contributed by atoms with Gasteiger partial charge in [0.05, 0.1) is 0 Å². The molecule has 0 aromatic carbocycles. The number of unbranched alkanes of at least 4 members (excludes halogenated alkanes) is 1. The molecule has 2 fully saturated rings. The van der Waals surface area contributed by atoms with Crippen LogP contribution in [0, 0.1) is 17.8 Å². The van der Waals surface area contributed by atoms with Crippen LogP contribution < -0.4 is 5.32 Å². The van der Waals surface area contributed by atoms with Crippen molar-refractivity contribution >= 4 is 5.91 Å². The van der Waals surface area contributed by atoms with Gasteiger partial charge in [-0.1, -0.05) is 6.42 Å². The van der Waals surface area contributed by atoms with Crippen LogP contribution in [0.3, 0.4) is 0 Å². The van der Waals surface area contributed by atoms with E-state index in [-0.39, 0.29) is 12.5 Å². The van der Waals surface area contributed by atoms with Gasteiger partial charge in [-0.15, -0.1) is 0 Å². The lowest BCUT2D eigenvalue weighted by Crippen LogP contribution is -2.28. The molecule has 2 aliphatic carbocycles. The van der Waals surface area contributed by atoms with Crippen molar-refractivity contribution in [3.8, 4) is 0 Å². The van der Waals surface area contributed by atoms with Crippen LogP contribution in [-0.2, 0) is 4.79 Å². The zero-order valence-corrected chi connectivity index (χ0v) is 9.95. The molecule has 3 atom stereocenters. The number of rotatable bonds is 6. The molecule has 0 saturated heterocycles. The van der Waals surface area contributed by atoms with Crippen molar-refractivity contribution in [3.05, 3.63) is 0 Å². The molecule has 3 unspecified atom stereocenters. The van der Waals surface area contributed by atoms with E-state index >= 15 is 0 Å². The molecule has 3 nitrogen and oxygen atoms in total. The summed E-state index contributed by atoms with van der Waals surface area (Å²) in [7, 11) is 0. The first kappa shape index (κ1) is 11.9. The van der Waals surface area contributed by atoms with Gasteiger partial charge in [0.25, 0.3) is 0 Å². The minimum Gasteiger partial charge on any atom is -0.396 e. The first-order valence-electron chi connectivity index (χ1n) is 6.67. The number of aliphatic hydroxyl groups excluding tert-OH is 1. The van der Waals surface area contributed by atoms with E-state index < -0.39 is 0 Å². The van der Waals surface area contributed by atoms with Gasteiger partial charge >= 0.3 is 0 Å². The minimum absolute atomic E-state index is 0.218. The fraction of sp³-hybridized carbons (Fsp3) is 0.923. The fourth-order valence-corrected chi connectivity index (χ4v) is 3.40. The average Bonchev–Trinajstić information content (AvgIpc) is 2.86. The van der Waals surface area contributed by atoms with Gasteiger partial charge in [-0.25, -0.2) is 0 Å². The van der Waals surface area contributed by atoms with Crippen LogP contribution in [0.4, 0.5) is 0 Å². The van der Waals surface area contributed by atoms with E-state index in [0.717, 1.165) is 37.6 Å². The fourth-order valence-electron chi connectivity index (χ4n) is 3.40. The lowest BCUT2D eigenvalue weighted by atomic mass is 9.86. The number of aliphatic hydroxyl groups is 1. The summed E-state index contributed by atoms with van der Waals surface area (Å²) in [5.41, 5.74) is 0. The molecular formula is C13H23NO2. The van der Waals surface area contributed by atoms with E-state index in [1.54, 1.807) is 0 Å². The van der Waals surface area contributed by atoms with Crippen LogP contribution in [0.5, 0.6) is 0 Å². The van der Waals surface area contributed by atoms with Gasteiger partial charge in [-0.3, -0.25) is 4.79 Å². The first-order chi connectivity index (χ1) is 7.79. The van der Waals surface area contributed by atoms with Crippen LogP contribution in [0.1, 0.15) is 44.9 Å². The van der Waals surface area contributed by atoms with Crippen molar-refractivity contribution < 1.29 is 9.90 Å². The van der Waals surface area contributed by atoms with Gasteiger partial charge in [0.2, 0.25) is 5.91 Å². The Hall–Kier alpha value is -0.570. The van der Waals surface area contributed by atoms with Gasteiger partial charge in [-0.05, 0) is 49.9 Å². The Kier molecular flexibility index (Phi) is 4.22. The number of amides is 1. The molecule has 2 rings (SSSR count). The summed E-state index contributed by atoms with van der Waals surface area (Å²) in [5, 5.41) is 11.6. The number of fused-ring (bicyclic) bond motifs is 2. The van der Waals surface area contributed by atoms with Crippen LogP contribution in [0.25, 0.3) is 0 Å². The quantitative estimate of drug-likeness (QED) is 0.676. The van der Waals surface area contributed by atoms with Gasteiger partial charge in [0.1, 0.15) is 0 Å². The summed E-state index contributed by atoms with van der Waals surface area (Å²) < 4.78 is 0. The topological polar surface area (TPSA) is 49.3 Å². The SMILES string of the molecule is O=C(CC1CC2CCC1C2)NCCCCO. The molecule has 0 aromatic heterocycles. The van der Waals surface area contributed by atoms with Crippen LogP contribution in [-0.4, -0.2) is 24.2 Å². The van der Waals surface area contributed by atoms with Crippen molar-refractivity contribution in [2.24, 2.45) is 17.8 Å². The summed E-state index contributed by atoms with van der Waals surface area (Å²) in [4.78, 5) is 11.7. The largest absolute Gasteiger partial charge is 0.396 e. The third kappa shape index (κ3) is 2.97. The molecule has 92 valence electrons. The second-order valence-corrected chi connectivity index (χ2v) is 5.42. The molecule has 1 amide bonds. The second kappa shape index (κ2) is 5.67. The molecule has 0 aliphatic heterocycles. The van der Waals surface area contributed by atoms with Crippen molar-refractivity contribution in [1.82, 2.24) is 5.32 Å². The maximum absolute atomic E-state index is 11.7. The molecule has 16 heavy (non-hydrogen) atoms. The number of nitrogens with one attached hydrogen (secondary N) is 1. The highest BCUT2D eigenvalue weighted by molar-refractivity contribution is 5.76. The third-order valence-electron chi connectivity index (χ3n) is 4.24. The molecule has 2 bridgehead atoms. The summed E-state index contributed by atoms with van der Waals surface area (Å²) in [6.07, 6.45) is 7.83. The van der Waals surface area contributed by atoms with E-state index in [1.807, 2.05) is 0 Å². The van der Waals surface area contributed by atoms with E-state index in [4.69, 9.17) is 5.11 Å². The van der Waals surface area contributed by atoms with E-state index in [2.05, 4.69) is 5.32 Å². The predicted octanol–water partition coefficient (Wildman–Crippen LogP) is 1.70. The number of carbonyl (C=O) groups excluding carboxylic acids is 1. The summed E-state index contributed by atoms with van der Waals surface area (Å²) in [6.45, 7) is 0.947. The number of carbonyl (C=O) groups is 1. The summed E-state index contributed by atoms with van der Waals surface area (Å²) in [5.74, 6) is 2.65. The van der Waals surface area contributed by atoms with E-state index in [0.29, 0.717) is 5.92 Å². The molecular weight excluding hydrogens is 202 g/mol. The Labute approximate surface area is 97.6 Å². The smallest absolute Gasteiger partial charge is 0.220 e. The highest BCUT2D eigenvalue weighted by atomic mass is 16.2. The number of hydrogen-bond donors (Lipinski definition) is 2. The van der Waals surface area contributed by atoms with Crippen molar-refractivity contribution in [1.29, 1.82) is 0 Å². The molecule has 0 spiro atoms. The minimum atomic E-state index is 0.218. The highest BCUT2D eigenvalue weighted by Crippen LogP contribution is 2.49. The third-order valence-corrected chi connectivity index (χ3v) is 4.24. The van der Waals surface area contributed by atoms with Gasteiger partial charge < -0.3 is 10.4 Å². The van der Waals surface area contributed by atoms with Gasteiger partial charge in [-0.2, -0.15) is 0 Å². The maximum atomic E-state index is 11.7. The molecule has 2 N–H and O–H groups in total. The lowest BCUT2D eigenvalue weighted by Gasteiger charge is -2.20. The standard InChI is InChI=1S/C13H23NO2/c15-6-2-1-5-14-13(16)9-12-8-10-3-4-11(12)7-10/h10-12,15H,1-9H2,(H,14,16).